The number of carbonyl (C=O) groups is 3. The van der Waals surface area contributed by atoms with Crippen molar-refractivity contribution in [2.75, 3.05) is 0 Å². The summed E-state index contributed by atoms with van der Waals surface area (Å²) in [5.41, 5.74) is 4.79. The summed E-state index contributed by atoms with van der Waals surface area (Å²) in [6.07, 6.45) is 0. The highest BCUT2D eigenvalue weighted by Gasteiger charge is 2.50. The fraction of sp³-hybridized carbons (Fsp3) is 0.182. The maximum atomic E-state index is 12.9. The van der Waals surface area contributed by atoms with Crippen molar-refractivity contribution in [2.24, 2.45) is 0 Å². The number of nitrogens with zero attached hydrogens (tertiary/aromatic N) is 3. The minimum atomic E-state index is -1.25. The van der Waals surface area contributed by atoms with E-state index in [1.807, 2.05) is 26.0 Å². The van der Waals surface area contributed by atoms with Gasteiger partial charge in [-0.1, -0.05) is 30.3 Å². The van der Waals surface area contributed by atoms with E-state index in [2.05, 4.69) is 15.8 Å². The van der Waals surface area contributed by atoms with E-state index in [0.29, 0.717) is 11.1 Å². The molecular formula is C22H21N5O3. The number of nitrogens with one attached hydrogen (secondary N) is 2. The number of rotatable bonds is 4. The number of imide groups is 1. The Hall–Kier alpha value is -3.94. The molecule has 8 heteroatoms. The third-order valence-corrected chi connectivity index (χ3v) is 5.14. The van der Waals surface area contributed by atoms with Crippen molar-refractivity contribution in [2.45, 2.75) is 26.3 Å². The van der Waals surface area contributed by atoms with Crippen LogP contribution in [-0.4, -0.2) is 32.6 Å². The Morgan fingerprint density at radius 2 is 1.70 bits per heavy atom. The van der Waals surface area contributed by atoms with Crippen LogP contribution in [0.3, 0.4) is 0 Å². The molecule has 2 heterocycles. The zero-order chi connectivity index (χ0) is 21.5. The van der Waals surface area contributed by atoms with Gasteiger partial charge in [0.25, 0.3) is 11.8 Å². The number of benzene rings is 2. The fourth-order valence-corrected chi connectivity index (χ4v) is 3.52. The number of carbonyl (C=O) groups excluding carboxylic acids is 3. The van der Waals surface area contributed by atoms with Crippen molar-refractivity contribution in [1.82, 2.24) is 25.5 Å². The third-order valence-electron chi connectivity index (χ3n) is 5.14. The van der Waals surface area contributed by atoms with E-state index >= 15 is 0 Å². The van der Waals surface area contributed by atoms with Crippen LogP contribution in [0.1, 0.15) is 34.2 Å². The van der Waals surface area contributed by atoms with Gasteiger partial charge in [0, 0.05) is 11.3 Å². The molecule has 152 valence electrons. The van der Waals surface area contributed by atoms with Crippen LogP contribution in [0.2, 0.25) is 0 Å². The first-order valence-corrected chi connectivity index (χ1v) is 9.46. The lowest BCUT2D eigenvalue weighted by atomic mass is 9.92. The molecule has 0 bridgehead atoms. The van der Waals surface area contributed by atoms with Gasteiger partial charge in [-0.25, -0.2) is 9.48 Å². The van der Waals surface area contributed by atoms with Gasteiger partial charge in [-0.05, 0) is 56.7 Å². The van der Waals surface area contributed by atoms with Gasteiger partial charge >= 0.3 is 6.03 Å². The van der Waals surface area contributed by atoms with Crippen LogP contribution in [-0.2, 0) is 10.3 Å². The van der Waals surface area contributed by atoms with E-state index in [1.54, 1.807) is 60.1 Å². The zero-order valence-corrected chi connectivity index (χ0v) is 16.8. The van der Waals surface area contributed by atoms with Crippen LogP contribution in [0.4, 0.5) is 4.79 Å². The first-order valence-electron chi connectivity index (χ1n) is 9.46. The average molecular weight is 403 g/mol. The molecule has 1 aliphatic heterocycles. The van der Waals surface area contributed by atoms with Crippen LogP contribution < -0.4 is 10.7 Å². The Bertz CT molecular complexity index is 1140. The van der Waals surface area contributed by atoms with E-state index < -0.39 is 23.4 Å². The molecular weight excluding hydrogens is 382 g/mol. The summed E-state index contributed by atoms with van der Waals surface area (Å²) < 4.78 is 1.78. The summed E-state index contributed by atoms with van der Waals surface area (Å²) in [4.78, 5) is 37.9. The van der Waals surface area contributed by atoms with Crippen molar-refractivity contribution >= 4 is 17.8 Å². The van der Waals surface area contributed by atoms with Crippen molar-refractivity contribution in [3.63, 3.8) is 0 Å². The number of amides is 4. The Morgan fingerprint density at radius 1 is 1.03 bits per heavy atom. The van der Waals surface area contributed by atoms with Gasteiger partial charge in [0.2, 0.25) is 0 Å². The predicted octanol–water partition coefficient (Wildman–Crippen LogP) is 2.60. The van der Waals surface area contributed by atoms with Gasteiger partial charge in [-0.2, -0.15) is 10.1 Å². The Labute approximate surface area is 173 Å². The minimum absolute atomic E-state index is 0.314. The average Bonchev–Trinajstić information content (AvgIpc) is 3.19. The molecule has 30 heavy (non-hydrogen) atoms. The van der Waals surface area contributed by atoms with Gasteiger partial charge in [-0.3, -0.25) is 15.0 Å². The molecule has 4 amide bonds. The molecule has 3 aromatic rings. The standard InChI is InChI=1S/C22H21N5O3/c1-14-13-15(2)26(24-14)18-11-9-16(10-12-18)19(28)25-27-20(29)22(3,23-21(27)30)17-7-5-4-6-8-17/h4-13H,1-3H3,(H,23,30)(H,25,28)/t22-/m0/s1. The predicted molar refractivity (Wildman–Crippen MR) is 110 cm³/mol. The maximum absolute atomic E-state index is 12.9. The molecule has 1 atom stereocenters. The first-order chi connectivity index (χ1) is 14.3. The van der Waals surface area contributed by atoms with Crippen LogP contribution in [0, 0.1) is 13.8 Å². The number of aryl methyl sites for hydroxylation is 2. The third kappa shape index (κ3) is 3.22. The first kappa shape index (κ1) is 19.4. The van der Waals surface area contributed by atoms with Gasteiger partial charge in [-0.15, -0.1) is 0 Å². The molecule has 1 fully saturated rings. The van der Waals surface area contributed by atoms with Crippen molar-refractivity contribution in [3.8, 4) is 5.69 Å². The van der Waals surface area contributed by atoms with E-state index in [-0.39, 0.29) is 0 Å². The van der Waals surface area contributed by atoms with Crippen LogP contribution >= 0.6 is 0 Å². The van der Waals surface area contributed by atoms with Crippen LogP contribution in [0.15, 0.2) is 60.7 Å². The second kappa shape index (κ2) is 7.14. The van der Waals surface area contributed by atoms with Crippen LogP contribution in [0.5, 0.6) is 0 Å². The molecule has 1 aromatic heterocycles. The second-order valence-electron chi connectivity index (χ2n) is 7.39. The lowest BCUT2D eigenvalue weighted by Gasteiger charge is -2.22. The zero-order valence-electron chi connectivity index (χ0n) is 16.8. The van der Waals surface area contributed by atoms with Gasteiger partial charge in [0.15, 0.2) is 0 Å². The number of aromatic nitrogens is 2. The molecule has 2 N–H and O–H groups in total. The van der Waals surface area contributed by atoms with E-state index in [4.69, 9.17) is 0 Å². The molecule has 0 unspecified atom stereocenters. The topological polar surface area (TPSA) is 96.3 Å². The van der Waals surface area contributed by atoms with Crippen molar-refractivity contribution in [1.29, 1.82) is 0 Å². The Morgan fingerprint density at radius 3 is 2.30 bits per heavy atom. The second-order valence-corrected chi connectivity index (χ2v) is 7.39. The molecule has 0 radical (unpaired) electrons. The van der Waals surface area contributed by atoms with Crippen molar-refractivity contribution < 1.29 is 14.4 Å². The highest BCUT2D eigenvalue weighted by atomic mass is 16.2. The number of hydrogen-bond donors (Lipinski definition) is 2. The lowest BCUT2D eigenvalue weighted by molar-refractivity contribution is -0.132. The molecule has 2 aromatic carbocycles. The van der Waals surface area contributed by atoms with Crippen molar-refractivity contribution in [3.05, 3.63) is 83.2 Å². The number of urea groups is 1. The molecule has 8 nitrogen and oxygen atoms in total. The number of hydrogen-bond acceptors (Lipinski definition) is 4. The van der Waals surface area contributed by atoms with Gasteiger partial charge < -0.3 is 5.32 Å². The smallest absolute Gasteiger partial charge is 0.318 e. The number of hydrazine groups is 1. The normalized spacial score (nSPS) is 18.4. The summed E-state index contributed by atoms with van der Waals surface area (Å²) >= 11 is 0. The Kier molecular flexibility index (Phi) is 4.62. The van der Waals surface area contributed by atoms with Crippen LogP contribution in [0.25, 0.3) is 5.69 Å². The summed E-state index contributed by atoms with van der Waals surface area (Å²) in [7, 11) is 0. The summed E-state index contributed by atoms with van der Waals surface area (Å²) in [5, 5.41) is 7.79. The maximum Gasteiger partial charge on any atom is 0.344 e. The fourth-order valence-electron chi connectivity index (χ4n) is 3.52. The van der Waals surface area contributed by atoms with E-state index in [0.717, 1.165) is 22.1 Å². The molecule has 4 rings (SSSR count). The van der Waals surface area contributed by atoms with Gasteiger partial charge in [0.1, 0.15) is 5.54 Å². The molecule has 1 saturated heterocycles. The highest BCUT2D eigenvalue weighted by Crippen LogP contribution is 2.27. The molecule has 0 aliphatic carbocycles. The van der Waals surface area contributed by atoms with E-state index in [1.165, 1.54) is 0 Å². The monoisotopic (exact) mass is 403 g/mol. The quantitative estimate of drug-likeness (QED) is 0.655. The summed E-state index contributed by atoms with van der Waals surface area (Å²) in [6, 6.07) is 16.9. The minimum Gasteiger partial charge on any atom is -0.318 e. The molecule has 1 aliphatic rings. The SMILES string of the molecule is Cc1cc(C)n(-c2ccc(C(=O)NN3C(=O)N[C@@](C)(c4ccccc4)C3=O)cc2)n1. The molecule has 0 spiro atoms. The summed E-state index contributed by atoms with van der Waals surface area (Å²) in [5.74, 6) is -1.11. The van der Waals surface area contributed by atoms with Gasteiger partial charge in [0.05, 0.1) is 11.4 Å². The molecule has 0 saturated carbocycles. The highest BCUT2D eigenvalue weighted by molar-refractivity contribution is 6.09. The largest absolute Gasteiger partial charge is 0.344 e. The van der Waals surface area contributed by atoms with E-state index in [9.17, 15) is 14.4 Å². The Balaban J connectivity index is 1.52. The summed E-state index contributed by atoms with van der Waals surface area (Å²) in [6.45, 7) is 5.46. The lowest BCUT2D eigenvalue weighted by Crippen LogP contribution is -2.47.